The Labute approximate surface area is 113 Å². The van der Waals surface area contributed by atoms with E-state index in [-0.39, 0.29) is 0 Å². The van der Waals surface area contributed by atoms with E-state index in [1.165, 1.54) is 0 Å². The third-order valence-electron chi connectivity index (χ3n) is 3.28. The van der Waals surface area contributed by atoms with Crippen LogP contribution in [0.4, 0.5) is 0 Å². The standard InChI is InChI=1S/C13H18Cl2N2/c1-9-7-17(10(2)6-16-9)8-11-3-4-12(14)5-13(11)15/h3-5,9-10,16H,6-8H2,1-2H3. The molecule has 4 heteroatoms. The topological polar surface area (TPSA) is 15.3 Å². The van der Waals surface area contributed by atoms with Crippen molar-refractivity contribution in [3.63, 3.8) is 0 Å². The van der Waals surface area contributed by atoms with Gasteiger partial charge in [-0.25, -0.2) is 0 Å². The van der Waals surface area contributed by atoms with Crippen molar-refractivity contribution in [3.8, 4) is 0 Å². The fourth-order valence-corrected chi connectivity index (χ4v) is 2.65. The largest absolute Gasteiger partial charge is 0.311 e. The molecule has 0 amide bonds. The summed E-state index contributed by atoms with van der Waals surface area (Å²) in [5, 5.41) is 4.93. The molecule has 1 fully saturated rings. The summed E-state index contributed by atoms with van der Waals surface area (Å²) in [7, 11) is 0. The molecule has 0 bridgehead atoms. The Morgan fingerprint density at radius 2 is 2.12 bits per heavy atom. The summed E-state index contributed by atoms with van der Waals surface area (Å²) in [5.41, 5.74) is 1.15. The van der Waals surface area contributed by atoms with E-state index in [1.54, 1.807) is 0 Å². The van der Waals surface area contributed by atoms with Gasteiger partial charge in [0.05, 0.1) is 0 Å². The predicted octanol–water partition coefficient (Wildman–Crippen LogP) is 3.18. The predicted molar refractivity (Wildman–Crippen MR) is 73.8 cm³/mol. The van der Waals surface area contributed by atoms with Crippen LogP contribution in [0.25, 0.3) is 0 Å². The Kier molecular flexibility index (Phi) is 4.31. The fraction of sp³-hybridized carbons (Fsp3) is 0.538. The number of piperazine rings is 1. The first-order chi connectivity index (χ1) is 8.06. The van der Waals surface area contributed by atoms with E-state index in [1.807, 2.05) is 18.2 Å². The lowest BCUT2D eigenvalue weighted by atomic mass is 10.1. The lowest BCUT2D eigenvalue weighted by molar-refractivity contribution is 0.139. The maximum atomic E-state index is 6.21. The molecule has 0 spiro atoms. The molecule has 1 aliphatic heterocycles. The van der Waals surface area contributed by atoms with Crippen molar-refractivity contribution >= 4 is 23.2 Å². The smallest absolute Gasteiger partial charge is 0.0465 e. The van der Waals surface area contributed by atoms with E-state index >= 15 is 0 Å². The Balaban J connectivity index is 2.08. The van der Waals surface area contributed by atoms with Gasteiger partial charge in [-0.15, -0.1) is 0 Å². The van der Waals surface area contributed by atoms with Gasteiger partial charge in [-0.1, -0.05) is 29.3 Å². The maximum Gasteiger partial charge on any atom is 0.0465 e. The Hall–Kier alpha value is -0.280. The summed E-state index contributed by atoms with van der Waals surface area (Å²) in [6, 6.07) is 6.81. The normalized spacial score (nSPS) is 26.1. The van der Waals surface area contributed by atoms with Gasteiger partial charge in [0.2, 0.25) is 0 Å². The highest BCUT2D eigenvalue weighted by Crippen LogP contribution is 2.23. The summed E-state index contributed by atoms with van der Waals surface area (Å²) >= 11 is 12.1. The monoisotopic (exact) mass is 272 g/mol. The Morgan fingerprint density at radius 3 is 2.82 bits per heavy atom. The van der Waals surface area contributed by atoms with Crippen molar-refractivity contribution in [3.05, 3.63) is 33.8 Å². The van der Waals surface area contributed by atoms with Crippen LogP contribution in [0.2, 0.25) is 10.0 Å². The average Bonchev–Trinajstić information content (AvgIpc) is 2.27. The molecule has 94 valence electrons. The van der Waals surface area contributed by atoms with Crippen LogP contribution in [0, 0.1) is 0 Å². The molecule has 1 aliphatic rings. The molecule has 1 heterocycles. The molecule has 0 radical (unpaired) electrons. The van der Waals surface area contributed by atoms with Crippen molar-refractivity contribution in [2.45, 2.75) is 32.5 Å². The summed E-state index contributed by atoms with van der Waals surface area (Å²) < 4.78 is 0. The zero-order valence-electron chi connectivity index (χ0n) is 10.2. The van der Waals surface area contributed by atoms with Gasteiger partial charge in [0.25, 0.3) is 0 Å². The van der Waals surface area contributed by atoms with Crippen molar-refractivity contribution in [1.82, 2.24) is 10.2 Å². The highest BCUT2D eigenvalue weighted by molar-refractivity contribution is 6.35. The van der Waals surface area contributed by atoms with E-state index in [0.29, 0.717) is 17.1 Å². The highest BCUT2D eigenvalue weighted by atomic mass is 35.5. The van der Waals surface area contributed by atoms with E-state index < -0.39 is 0 Å². The molecule has 1 N–H and O–H groups in total. The summed E-state index contributed by atoms with van der Waals surface area (Å²) in [6.07, 6.45) is 0. The summed E-state index contributed by atoms with van der Waals surface area (Å²) in [6.45, 7) is 7.43. The van der Waals surface area contributed by atoms with Gasteiger partial charge in [-0.3, -0.25) is 4.90 Å². The molecule has 2 unspecified atom stereocenters. The van der Waals surface area contributed by atoms with Crippen LogP contribution in [0.5, 0.6) is 0 Å². The maximum absolute atomic E-state index is 6.21. The van der Waals surface area contributed by atoms with Gasteiger partial charge >= 0.3 is 0 Å². The number of nitrogens with one attached hydrogen (secondary N) is 1. The van der Waals surface area contributed by atoms with Crippen LogP contribution in [0.15, 0.2) is 18.2 Å². The Morgan fingerprint density at radius 1 is 1.35 bits per heavy atom. The zero-order chi connectivity index (χ0) is 12.4. The van der Waals surface area contributed by atoms with Gasteiger partial charge in [-0.2, -0.15) is 0 Å². The molecule has 2 rings (SSSR count). The van der Waals surface area contributed by atoms with E-state index in [4.69, 9.17) is 23.2 Å². The first-order valence-corrected chi connectivity index (χ1v) is 6.73. The molecule has 2 atom stereocenters. The first kappa shape index (κ1) is 13.2. The van der Waals surface area contributed by atoms with Crippen LogP contribution in [-0.4, -0.2) is 30.1 Å². The van der Waals surface area contributed by atoms with E-state index in [2.05, 4.69) is 24.1 Å². The quantitative estimate of drug-likeness (QED) is 0.890. The van der Waals surface area contributed by atoms with Crippen LogP contribution in [-0.2, 0) is 6.54 Å². The van der Waals surface area contributed by atoms with Crippen molar-refractivity contribution in [2.24, 2.45) is 0 Å². The minimum atomic E-state index is 0.539. The molecule has 0 aliphatic carbocycles. The van der Waals surface area contributed by atoms with E-state index in [9.17, 15) is 0 Å². The lowest BCUT2D eigenvalue weighted by Gasteiger charge is -2.37. The summed E-state index contributed by atoms with van der Waals surface area (Å²) in [4.78, 5) is 2.45. The average molecular weight is 273 g/mol. The van der Waals surface area contributed by atoms with Crippen LogP contribution < -0.4 is 5.32 Å². The molecule has 0 aromatic heterocycles. The number of hydrogen-bond donors (Lipinski definition) is 1. The van der Waals surface area contributed by atoms with Crippen molar-refractivity contribution in [2.75, 3.05) is 13.1 Å². The zero-order valence-corrected chi connectivity index (χ0v) is 11.7. The number of hydrogen-bond acceptors (Lipinski definition) is 2. The Bertz CT molecular complexity index is 395. The molecular weight excluding hydrogens is 255 g/mol. The van der Waals surface area contributed by atoms with Gasteiger partial charge in [0, 0.05) is 41.8 Å². The molecular formula is C13H18Cl2N2. The molecule has 1 aromatic rings. The van der Waals surface area contributed by atoms with Crippen molar-refractivity contribution in [1.29, 1.82) is 0 Å². The lowest BCUT2D eigenvalue weighted by Crippen LogP contribution is -2.53. The fourth-order valence-electron chi connectivity index (χ4n) is 2.19. The minimum Gasteiger partial charge on any atom is -0.311 e. The van der Waals surface area contributed by atoms with Crippen LogP contribution >= 0.6 is 23.2 Å². The first-order valence-electron chi connectivity index (χ1n) is 5.97. The third-order valence-corrected chi connectivity index (χ3v) is 3.87. The van der Waals surface area contributed by atoms with Gasteiger partial charge in [0.15, 0.2) is 0 Å². The van der Waals surface area contributed by atoms with Gasteiger partial charge < -0.3 is 5.32 Å². The SMILES string of the molecule is CC1CN(Cc2ccc(Cl)cc2Cl)C(C)CN1. The van der Waals surface area contributed by atoms with Crippen LogP contribution in [0.1, 0.15) is 19.4 Å². The third kappa shape index (κ3) is 3.35. The molecule has 1 saturated heterocycles. The molecule has 17 heavy (non-hydrogen) atoms. The summed E-state index contributed by atoms with van der Waals surface area (Å²) in [5.74, 6) is 0. The van der Waals surface area contributed by atoms with Crippen molar-refractivity contribution < 1.29 is 0 Å². The van der Waals surface area contributed by atoms with Gasteiger partial charge in [0.1, 0.15) is 0 Å². The number of nitrogens with zero attached hydrogens (tertiary/aromatic N) is 1. The highest BCUT2D eigenvalue weighted by Gasteiger charge is 2.22. The second kappa shape index (κ2) is 5.57. The van der Waals surface area contributed by atoms with Crippen LogP contribution in [0.3, 0.4) is 0 Å². The van der Waals surface area contributed by atoms with Gasteiger partial charge in [-0.05, 0) is 31.5 Å². The number of rotatable bonds is 2. The van der Waals surface area contributed by atoms with E-state index in [0.717, 1.165) is 30.2 Å². The molecule has 1 aromatic carbocycles. The second-order valence-corrected chi connectivity index (χ2v) is 5.67. The number of halogens is 2. The second-order valence-electron chi connectivity index (χ2n) is 4.82. The number of benzene rings is 1. The minimum absolute atomic E-state index is 0.539. The molecule has 0 saturated carbocycles. The molecule has 2 nitrogen and oxygen atoms in total.